The summed E-state index contributed by atoms with van der Waals surface area (Å²) in [5.74, 6) is 0.756. The molecule has 24 heavy (non-hydrogen) atoms. The van der Waals surface area contributed by atoms with Gasteiger partial charge in [0.25, 0.3) is 0 Å². The van der Waals surface area contributed by atoms with Crippen molar-refractivity contribution in [3.05, 3.63) is 42.2 Å². The molecule has 0 bridgehead atoms. The average molecular weight is 326 g/mol. The lowest BCUT2D eigenvalue weighted by atomic mass is 10.0. The standard InChI is InChI=1S/C20H26N2O2/c1-15(2)22-12-10-17(11-13-22)21(3)20(23)9-8-18-14-16-6-4-5-7-19(16)24-18/h4-9,14-15,17H,10-13H2,1-3H3/b9-8+. The van der Waals surface area contributed by atoms with Crippen LogP contribution < -0.4 is 0 Å². The fourth-order valence-electron chi connectivity index (χ4n) is 3.33. The van der Waals surface area contributed by atoms with E-state index in [9.17, 15) is 4.79 Å². The molecule has 4 heteroatoms. The van der Waals surface area contributed by atoms with Gasteiger partial charge in [-0.15, -0.1) is 0 Å². The summed E-state index contributed by atoms with van der Waals surface area (Å²) >= 11 is 0. The molecule has 0 unspecified atom stereocenters. The molecule has 0 spiro atoms. The van der Waals surface area contributed by atoms with Gasteiger partial charge < -0.3 is 14.2 Å². The van der Waals surface area contributed by atoms with Crippen molar-refractivity contribution in [1.82, 2.24) is 9.80 Å². The summed E-state index contributed by atoms with van der Waals surface area (Å²) in [6.45, 7) is 6.58. The fraction of sp³-hybridized carbons (Fsp3) is 0.450. The molecule has 1 aliphatic rings. The van der Waals surface area contributed by atoms with E-state index in [0.717, 1.165) is 36.9 Å². The highest BCUT2D eigenvalue weighted by atomic mass is 16.3. The van der Waals surface area contributed by atoms with Crippen molar-refractivity contribution in [2.75, 3.05) is 20.1 Å². The molecule has 0 saturated carbocycles. The zero-order valence-electron chi connectivity index (χ0n) is 14.7. The maximum Gasteiger partial charge on any atom is 0.246 e. The molecule has 0 radical (unpaired) electrons. The van der Waals surface area contributed by atoms with Gasteiger partial charge in [0.05, 0.1) is 0 Å². The summed E-state index contributed by atoms with van der Waals surface area (Å²) in [7, 11) is 1.90. The molecule has 1 aliphatic heterocycles. The Morgan fingerprint density at radius 1 is 1.29 bits per heavy atom. The van der Waals surface area contributed by atoms with E-state index < -0.39 is 0 Å². The molecule has 1 saturated heterocycles. The molecule has 1 aromatic carbocycles. The molecule has 1 fully saturated rings. The van der Waals surface area contributed by atoms with Crippen molar-refractivity contribution in [2.24, 2.45) is 0 Å². The quantitative estimate of drug-likeness (QED) is 0.802. The van der Waals surface area contributed by atoms with Gasteiger partial charge in [-0.05, 0) is 44.9 Å². The summed E-state index contributed by atoms with van der Waals surface area (Å²) in [6.07, 6.45) is 5.46. The number of likely N-dealkylation sites (tertiary alicyclic amines) is 1. The Labute approximate surface area is 143 Å². The van der Waals surface area contributed by atoms with Crippen LogP contribution in [0.4, 0.5) is 0 Å². The lowest BCUT2D eigenvalue weighted by Gasteiger charge is -2.38. The Morgan fingerprint density at radius 3 is 2.67 bits per heavy atom. The molecule has 0 aliphatic carbocycles. The highest BCUT2D eigenvalue weighted by molar-refractivity contribution is 5.92. The third-order valence-corrected chi connectivity index (χ3v) is 4.96. The molecule has 4 nitrogen and oxygen atoms in total. The molecule has 3 rings (SSSR count). The maximum absolute atomic E-state index is 12.4. The first-order chi connectivity index (χ1) is 11.5. The van der Waals surface area contributed by atoms with Crippen LogP contribution in [0.1, 0.15) is 32.4 Å². The number of nitrogens with zero attached hydrogens (tertiary/aromatic N) is 2. The van der Waals surface area contributed by atoms with Gasteiger partial charge >= 0.3 is 0 Å². The minimum absolute atomic E-state index is 0.0402. The van der Waals surface area contributed by atoms with Crippen LogP contribution in [-0.2, 0) is 4.79 Å². The number of carbonyl (C=O) groups excluding carboxylic acids is 1. The first kappa shape index (κ1) is 16.8. The zero-order chi connectivity index (χ0) is 17.1. The Bertz CT molecular complexity index is 691. The fourth-order valence-corrected chi connectivity index (χ4v) is 3.33. The number of para-hydroxylation sites is 1. The predicted molar refractivity (Wildman–Crippen MR) is 97.7 cm³/mol. The van der Waals surface area contributed by atoms with Crippen molar-refractivity contribution < 1.29 is 9.21 Å². The van der Waals surface area contributed by atoms with E-state index in [-0.39, 0.29) is 5.91 Å². The van der Waals surface area contributed by atoms with Gasteiger partial charge in [0.2, 0.25) is 5.91 Å². The Kier molecular flexibility index (Phi) is 5.05. The van der Waals surface area contributed by atoms with Gasteiger partial charge in [-0.2, -0.15) is 0 Å². The van der Waals surface area contributed by atoms with Crippen LogP contribution in [0.15, 0.2) is 40.8 Å². The zero-order valence-corrected chi connectivity index (χ0v) is 14.7. The van der Waals surface area contributed by atoms with Gasteiger partial charge in [0.1, 0.15) is 11.3 Å². The number of piperidine rings is 1. The summed E-state index contributed by atoms with van der Waals surface area (Å²) in [5, 5.41) is 1.05. The maximum atomic E-state index is 12.4. The number of hydrogen-bond donors (Lipinski definition) is 0. The van der Waals surface area contributed by atoms with Crippen LogP contribution in [0.2, 0.25) is 0 Å². The molecule has 128 valence electrons. The molecule has 1 aromatic heterocycles. The van der Waals surface area contributed by atoms with E-state index in [4.69, 9.17) is 4.42 Å². The van der Waals surface area contributed by atoms with Crippen LogP contribution in [0.25, 0.3) is 17.0 Å². The number of furan rings is 1. The summed E-state index contributed by atoms with van der Waals surface area (Å²) in [6, 6.07) is 10.7. The third kappa shape index (κ3) is 3.70. The second-order valence-corrected chi connectivity index (χ2v) is 6.83. The van der Waals surface area contributed by atoms with Gasteiger partial charge in [0.15, 0.2) is 0 Å². The molecule has 0 N–H and O–H groups in total. The largest absolute Gasteiger partial charge is 0.457 e. The van der Waals surface area contributed by atoms with Gasteiger partial charge in [-0.3, -0.25) is 4.79 Å². The number of benzene rings is 1. The summed E-state index contributed by atoms with van der Waals surface area (Å²) in [4.78, 5) is 16.8. The van der Waals surface area contributed by atoms with Crippen molar-refractivity contribution in [1.29, 1.82) is 0 Å². The summed E-state index contributed by atoms with van der Waals surface area (Å²) < 4.78 is 5.72. The second-order valence-electron chi connectivity index (χ2n) is 6.83. The van der Waals surface area contributed by atoms with E-state index in [1.54, 1.807) is 12.2 Å². The van der Waals surface area contributed by atoms with Crippen LogP contribution in [-0.4, -0.2) is 47.9 Å². The van der Waals surface area contributed by atoms with Crippen molar-refractivity contribution in [2.45, 2.75) is 38.8 Å². The van der Waals surface area contributed by atoms with E-state index in [2.05, 4.69) is 18.7 Å². The van der Waals surface area contributed by atoms with Crippen molar-refractivity contribution in [3.63, 3.8) is 0 Å². The molecule has 1 amide bonds. The van der Waals surface area contributed by atoms with Crippen LogP contribution >= 0.6 is 0 Å². The minimum atomic E-state index is 0.0402. The normalized spacial score (nSPS) is 17.2. The van der Waals surface area contributed by atoms with E-state index in [0.29, 0.717) is 17.8 Å². The smallest absolute Gasteiger partial charge is 0.246 e. The molecule has 2 aromatic rings. The van der Waals surface area contributed by atoms with Crippen molar-refractivity contribution >= 4 is 23.0 Å². The minimum Gasteiger partial charge on any atom is -0.457 e. The SMILES string of the molecule is CC(C)N1CCC(N(C)C(=O)/C=C/c2cc3ccccc3o2)CC1. The Morgan fingerprint density at radius 2 is 2.00 bits per heavy atom. The number of carbonyl (C=O) groups is 1. The lowest BCUT2D eigenvalue weighted by molar-refractivity contribution is -0.127. The molecule has 2 heterocycles. The Hall–Kier alpha value is -2.07. The number of fused-ring (bicyclic) bond motifs is 1. The van der Waals surface area contributed by atoms with Gasteiger partial charge in [0, 0.05) is 43.7 Å². The molecular formula is C20H26N2O2. The molecular weight excluding hydrogens is 300 g/mol. The monoisotopic (exact) mass is 326 g/mol. The lowest BCUT2D eigenvalue weighted by Crippen LogP contribution is -2.47. The van der Waals surface area contributed by atoms with E-state index >= 15 is 0 Å². The number of hydrogen-bond acceptors (Lipinski definition) is 3. The van der Waals surface area contributed by atoms with Gasteiger partial charge in [-0.1, -0.05) is 18.2 Å². The highest BCUT2D eigenvalue weighted by Crippen LogP contribution is 2.20. The highest BCUT2D eigenvalue weighted by Gasteiger charge is 2.25. The van der Waals surface area contributed by atoms with Gasteiger partial charge in [-0.25, -0.2) is 0 Å². The first-order valence-corrected chi connectivity index (χ1v) is 8.72. The number of rotatable bonds is 4. The molecule has 0 atom stereocenters. The number of likely N-dealkylation sites (N-methyl/N-ethyl adjacent to an activating group) is 1. The first-order valence-electron chi connectivity index (χ1n) is 8.72. The average Bonchev–Trinajstić information content (AvgIpc) is 3.02. The second kappa shape index (κ2) is 7.22. The van der Waals surface area contributed by atoms with Crippen LogP contribution in [0.5, 0.6) is 0 Å². The van der Waals surface area contributed by atoms with Crippen LogP contribution in [0.3, 0.4) is 0 Å². The topological polar surface area (TPSA) is 36.7 Å². The number of amides is 1. The van der Waals surface area contributed by atoms with E-state index in [1.807, 2.05) is 42.3 Å². The van der Waals surface area contributed by atoms with Crippen LogP contribution in [0, 0.1) is 0 Å². The Balaban J connectivity index is 1.59. The third-order valence-electron chi connectivity index (χ3n) is 4.96. The predicted octanol–water partition coefficient (Wildman–Crippen LogP) is 3.78. The summed E-state index contributed by atoms with van der Waals surface area (Å²) in [5.41, 5.74) is 0.846. The van der Waals surface area contributed by atoms with E-state index in [1.165, 1.54) is 0 Å². The van der Waals surface area contributed by atoms with Crippen molar-refractivity contribution in [3.8, 4) is 0 Å².